The zero-order valence-electron chi connectivity index (χ0n) is 14.2. The molecule has 0 amide bonds. The SMILES string of the molecule is COc1ccc(N(N)c2nc(NC3CCC(O)CC3)ncc2N)cc1. The number of aromatic nitrogens is 2. The Morgan fingerprint density at radius 3 is 2.52 bits per heavy atom. The van der Waals surface area contributed by atoms with Crippen LogP contribution in [0.5, 0.6) is 5.75 Å². The Labute approximate surface area is 146 Å². The molecule has 0 radical (unpaired) electrons. The van der Waals surface area contributed by atoms with Crippen molar-refractivity contribution in [2.75, 3.05) is 23.2 Å². The zero-order chi connectivity index (χ0) is 17.8. The molecule has 25 heavy (non-hydrogen) atoms. The largest absolute Gasteiger partial charge is 0.497 e. The predicted molar refractivity (Wildman–Crippen MR) is 97.7 cm³/mol. The summed E-state index contributed by atoms with van der Waals surface area (Å²) in [5, 5.41) is 14.3. The topological polar surface area (TPSA) is 123 Å². The highest BCUT2D eigenvalue weighted by molar-refractivity contribution is 5.70. The van der Waals surface area contributed by atoms with Crippen molar-refractivity contribution < 1.29 is 9.84 Å². The summed E-state index contributed by atoms with van der Waals surface area (Å²) >= 11 is 0. The van der Waals surface area contributed by atoms with Crippen LogP contribution in [-0.2, 0) is 0 Å². The number of benzene rings is 1. The highest BCUT2D eigenvalue weighted by Crippen LogP contribution is 2.28. The predicted octanol–water partition coefficient (Wildman–Crippen LogP) is 1.79. The number of hydrogen-bond acceptors (Lipinski definition) is 8. The summed E-state index contributed by atoms with van der Waals surface area (Å²) in [6.45, 7) is 0. The lowest BCUT2D eigenvalue weighted by Gasteiger charge is -2.26. The number of nitrogens with two attached hydrogens (primary N) is 2. The van der Waals surface area contributed by atoms with Gasteiger partial charge in [0.2, 0.25) is 5.95 Å². The number of hydrogen-bond donors (Lipinski definition) is 4. The van der Waals surface area contributed by atoms with E-state index in [1.165, 1.54) is 5.01 Å². The molecule has 1 heterocycles. The summed E-state index contributed by atoms with van der Waals surface area (Å²) in [6.07, 6.45) is 4.69. The molecule has 0 spiro atoms. The van der Waals surface area contributed by atoms with Crippen LogP contribution in [0.4, 0.5) is 23.1 Å². The van der Waals surface area contributed by atoms with Crippen molar-refractivity contribution in [3.63, 3.8) is 0 Å². The Morgan fingerprint density at radius 1 is 1.20 bits per heavy atom. The van der Waals surface area contributed by atoms with Gasteiger partial charge in [-0.2, -0.15) is 4.98 Å². The Morgan fingerprint density at radius 2 is 1.88 bits per heavy atom. The van der Waals surface area contributed by atoms with Crippen molar-refractivity contribution in [2.24, 2.45) is 5.84 Å². The number of nitrogens with zero attached hydrogens (tertiary/aromatic N) is 3. The molecule has 1 aliphatic rings. The van der Waals surface area contributed by atoms with E-state index >= 15 is 0 Å². The molecule has 8 nitrogen and oxygen atoms in total. The standard InChI is InChI=1S/C17H24N6O2/c1-25-14-8-4-12(5-9-14)23(19)16-15(18)10-20-17(22-16)21-11-2-6-13(24)7-3-11/h4-5,8-11,13,24H,2-3,6-7,18-19H2,1H3,(H,20,21,22). The molecule has 0 atom stereocenters. The molecule has 2 aromatic rings. The Balaban J connectivity index is 1.76. The fraction of sp³-hybridized carbons (Fsp3) is 0.412. The van der Waals surface area contributed by atoms with Gasteiger partial charge in [0, 0.05) is 6.04 Å². The molecule has 1 aliphatic carbocycles. The lowest BCUT2D eigenvalue weighted by atomic mass is 9.93. The maximum absolute atomic E-state index is 9.60. The second-order valence-electron chi connectivity index (χ2n) is 6.19. The van der Waals surface area contributed by atoms with Gasteiger partial charge in [-0.25, -0.2) is 10.8 Å². The number of nitrogen functional groups attached to an aromatic ring is 1. The van der Waals surface area contributed by atoms with Gasteiger partial charge >= 0.3 is 0 Å². The summed E-state index contributed by atoms with van der Waals surface area (Å²) in [4.78, 5) is 8.71. The molecule has 1 aromatic carbocycles. The van der Waals surface area contributed by atoms with Crippen LogP contribution in [0.1, 0.15) is 25.7 Å². The number of anilines is 4. The van der Waals surface area contributed by atoms with E-state index in [0.29, 0.717) is 17.5 Å². The van der Waals surface area contributed by atoms with Gasteiger partial charge in [0.05, 0.1) is 30.8 Å². The third kappa shape index (κ3) is 4.09. The number of nitrogens with one attached hydrogen (secondary N) is 1. The molecule has 1 aromatic heterocycles. The van der Waals surface area contributed by atoms with Crippen LogP contribution < -0.4 is 26.6 Å². The van der Waals surface area contributed by atoms with Crippen molar-refractivity contribution in [3.8, 4) is 5.75 Å². The zero-order valence-corrected chi connectivity index (χ0v) is 14.2. The van der Waals surface area contributed by atoms with E-state index in [0.717, 1.165) is 37.1 Å². The highest BCUT2D eigenvalue weighted by Gasteiger charge is 2.20. The smallest absolute Gasteiger partial charge is 0.225 e. The third-order valence-corrected chi connectivity index (χ3v) is 4.40. The third-order valence-electron chi connectivity index (χ3n) is 4.40. The number of aliphatic hydroxyl groups excluding tert-OH is 1. The van der Waals surface area contributed by atoms with Crippen LogP contribution in [0, 0.1) is 0 Å². The van der Waals surface area contributed by atoms with E-state index in [-0.39, 0.29) is 12.1 Å². The van der Waals surface area contributed by atoms with E-state index in [1.807, 2.05) is 24.3 Å². The fourth-order valence-corrected chi connectivity index (χ4v) is 2.91. The Kier molecular flexibility index (Phi) is 5.20. The molecule has 0 bridgehead atoms. The van der Waals surface area contributed by atoms with Crippen LogP contribution >= 0.6 is 0 Å². The lowest BCUT2D eigenvalue weighted by Crippen LogP contribution is -2.30. The van der Waals surface area contributed by atoms with E-state index < -0.39 is 0 Å². The minimum atomic E-state index is -0.199. The molecule has 0 unspecified atom stereocenters. The van der Waals surface area contributed by atoms with E-state index in [9.17, 15) is 5.11 Å². The molecule has 1 fully saturated rings. The first-order valence-electron chi connectivity index (χ1n) is 8.33. The number of hydrazine groups is 1. The van der Waals surface area contributed by atoms with Crippen LogP contribution in [0.15, 0.2) is 30.5 Å². The maximum atomic E-state index is 9.60. The van der Waals surface area contributed by atoms with Crippen LogP contribution in [0.3, 0.4) is 0 Å². The monoisotopic (exact) mass is 344 g/mol. The number of aliphatic hydroxyl groups is 1. The summed E-state index contributed by atoms with van der Waals surface area (Å²) in [7, 11) is 1.61. The summed E-state index contributed by atoms with van der Waals surface area (Å²) in [6, 6.07) is 7.54. The van der Waals surface area contributed by atoms with Gasteiger partial charge in [-0.15, -0.1) is 0 Å². The molecule has 134 valence electrons. The van der Waals surface area contributed by atoms with Crippen molar-refractivity contribution in [3.05, 3.63) is 30.5 Å². The fourth-order valence-electron chi connectivity index (χ4n) is 2.91. The normalized spacial score (nSPS) is 20.1. The van der Waals surface area contributed by atoms with Crippen LogP contribution in [-0.4, -0.2) is 34.3 Å². The molecule has 0 aliphatic heterocycles. The average molecular weight is 344 g/mol. The van der Waals surface area contributed by atoms with Gasteiger partial charge in [-0.3, -0.25) is 5.01 Å². The molecular formula is C17H24N6O2. The molecule has 0 saturated heterocycles. The molecule has 3 rings (SSSR count). The first kappa shape index (κ1) is 17.2. The molecule has 1 saturated carbocycles. The van der Waals surface area contributed by atoms with Gasteiger partial charge < -0.3 is 20.9 Å². The van der Waals surface area contributed by atoms with E-state index in [1.54, 1.807) is 13.3 Å². The summed E-state index contributed by atoms with van der Waals surface area (Å²) < 4.78 is 5.15. The number of rotatable bonds is 5. The number of ether oxygens (including phenoxy) is 1. The minimum Gasteiger partial charge on any atom is -0.497 e. The molecule has 6 N–H and O–H groups in total. The first-order chi connectivity index (χ1) is 12.1. The lowest BCUT2D eigenvalue weighted by molar-refractivity contribution is 0.126. The van der Waals surface area contributed by atoms with Crippen LogP contribution in [0.2, 0.25) is 0 Å². The first-order valence-corrected chi connectivity index (χ1v) is 8.33. The van der Waals surface area contributed by atoms with Crippen molar-refractivity contribution in [1.29, 1.82) is 0 Å². The van der Waals surface area contributed by atoms with Gasteiger partial charge in [-0.05, 0) is 49.9 Å². The average Bonchev–Trinajstić information content (AvgIpc) is 2.64. The molecular weight excluding hydrogens is 320 g/mol. The minimum absolute atomic E-state index is 0.199. The number of methoxy groups -OCH3 is 1. The summed E-state index contributed by atoms with van der Waals surface area (Å²) in [5.41, 5.74) is 7.13. The van der Waals surface area contributed by atoms with Crippen molar-refractivity contribution >= 4 is 23.1 Å². The van der Waals surface area contributed by atoms with Gasteiger partial charge in [0.15, 0.2) is 5.82 Å². The summed E-state index contributed by atoms with van der Waals surface area (Å²) in [5.74, 6) is 7.85. The maximum Gasteiger partial charge on any atom is 0.225 e. The highest BCUT2D eigenvalue weighted by atomic mass is 16.5. The Bertz CT molecular complexity index is 701. The van der Waals surface area contributed by atoms with Gasteiger partial charge in [-0.1, -0.05) is 0 Å². The van der Waals surface area contributed by atoms with Gasteiger partial charge in [0.25, 0.3) is 0 Å². The Hall–Kier alpha value is -2.58. The molecule has 8 heteroatoms. The van der Waals surface area contributed by atoms with E-state index in [4.69, 9.17) is 16.3 Å². The van der Waals surface area contributed by atoms with Crippen molar-refractivity contribution in [2.45, 2.75) is 37.8 Å². The van der Waals surface area contributed by atoms with Crippen molar-refractivity contribution in [1.82, 2.24) is 9.97 Å². The quantitative estimate of drug-likeness (QED) is 0.478. The van der Waals surface area contributed by atoms with Gasteiger partial charge in [0.1, 0.15) is 5.75 Å². The van der Waals surface area contributed by atoms with Crippen LogP contribution in [0.25, 0.3) is 0 Å². The van der Waals surface area contributed by atoms with E-state index in [2.05, 4.69) is 15.3 Å². The second kappa shape index (κ2) is 7.54. The second-order valence-corrected chi connectivity index (χ2v) is 6.19.